The number of nitrogens with zero attached hydrogens (tertiary/aromatic N) is 2. The van der Waals surface area contributed by atoms with E-state index in [9.17, 15) is 19.5 Å². The van der Waals surface area contributed by atoms with E-state index in [-0.39, 0.29) is 23.7 Å². The highest BCUT2D eigenvalue weighted by Gasteiger charge is 2.35. The molecule has 0 radical (unpaired) electrons. The van der Waals surface area contributed by atoms with Crippen LogP contribution < -0.4 is 20.5 Å². The Morgan fingerprint density at radius 3 is 2.72 bits per heavy atom. The number of pyridine rings is 1. The molecule has 3 aliphatic rings. The molecule has 3 aromatic rings. The van der Waals surface area contributed by atoms with Gasteiger partial charge in [-0.05, 0) is 36.1 Å². The lowest BCUT2D eigenvalue weighted by Gasteiger charge is -2.42. The SMILES string of the molecule is COC(=O)C[C@H](c1ccc2c(c1)OCCO2)c1oc(CN2C[C@H]3C[C@@H](C2)c2cccc(=O)n2C3)cc(=O)c1O. The normalized spacial score (nSPS) is 20.6. The third-order valence-corrected chi connectivity index (χ3v) is 7.82. The summed E-state index contributed by atoms with van der Waals surface area (Å²) in [6.45, 7) is 3.33. The minimum Gasteiger partial charge on any atom is -0.502 e. The quantitative estimate of drug-likeness (QED) is 0.476. The van der Waals surface area contributed by atoms with Gasteiger partial charge in [0, 0.05) is 43.4 Å². The number of carbonyl (C=O) groups is 1. The molecule has 1 saturated heterocycles. The molecule has 0 spiro atoms. The molecule has 0 saturated carbocycles. The van der Waals surface area contributed by atoms with E-state index in [1.54, 1.807) is 30.3 Å². The number of carbonyl (C=O) groups excluding carboxylic acids is 1. The molecule has 3 aliphatic heterocycles. The Morgan fingerprint density at radius 1 is 1.08 bits per heavy atom. The molecule has 10 nitrogen and oxygen atoms in total. The first kappa shape index (κ1) is 25.2. The third kappa shape index (κ3) is 4.92. The number of benzene rings is 1. The fraction of sp³-hybridized carbons (Fsp3) is 0.414. The summed E-state index contributed by atoms with van der Waals surface area (Å²) >= 11 is 0. The van der Waals surface area contributed by atoms with Gasteiger partial charge in [-0.3, -0.25) is 19.3 Å². The molecule has 0 aliphatic carbocycles. The monoisotopic (exact) mass is 534 g/mol. The van der Waals surface area contributed by atoms with Crippen LogP contribution in [0.3, 0.4) is 0 Å². The molecule has 2 bridgehead atoms. The highest BCUT2D eigenvalue weighted by Crippen LogP contribution is 2.40. The molecule has 5 heterocycles. The van der Waals surface area contributed by atoms with Crippen molar-refractivity contribution in [3.8, 4) is 17.2 Å². The average Bonchev–Trinajstić information content (AvgIpc) is 2.94. The molecule has 1 fully saturated rings. The number of fused-ring (bicyclic) bond motifs is 5. The molecule has 1 N–H and O–H groups in total. The second-order valence-corrected chi connectivity index (χ2v) is 10.4. The summed E-state index contributed by atoms with van der Waals surface area (Å²) in [5, 5.41) is 10.8. The lowest BCUT2D eigenvalue weighted by molar-refractivity contribution is -0.140. The zero-order valence-corrected chi connectivity index (χ0v) is 21.6. The van der Waals surface area contributed by atoms with Crippen molar-refractivity contribution < 1.29 is 28.5 Å². The summed E-state index contributed by atoms with van der Waals surface area (Å²) in [7, 11) is 1.29. The maximum atomic E-state index is 12.9. The van der Waals surface area contributed by atoms with Crippen molar-refractivity contribution in [3.05, 3.63) is 85.8 Å². The average molecular weight is 535 g/mol. The van der Waals surface area contributed by atoms with E-state index in [2.05, 4.69) is 4.90 Å². The molecule has 0 unspecified atom stereocenters. The predicted octanol–water partition coefficient (Wildman–Crippen LogP) is 2.59. The van der Waals surface area contributed by atoms with Crippen LogP contribution in [0.2, 0.25) is 0 Å². The van der Waals surface area contributed by atoms with Crippen LogP contribution >= 0.6 is 0 Å². The zero-order chi connectivity index (χ0) is 27.1. The number of rotatable bonds is 6. The van der Waals surface area contributed by atoms with Gasteiger partial charge in [0.1, 0.15) is 19.0 Å². The Kier molecular flexibility index (Phi) is 6.64. The topological polar surface area (TPSA) is 120 Å². The molecule has 1 aromatic carbocycles. The summed E-state index contributed by atoms with van der Waals surface area (Å²) in [5.41, 5.74) is 1.11. The van der Waals surface area contributed by atoms with Crippen LogP contribution in [0.5, 0.6) is 17.2 Å². The molecular formula is C29H30N2O8. The van der Waals surface area contributed by atoms with Crippen molar-refractivity contribution in [2.45, 2.75) is 37.8 Å². The Bertz CT molecular complexity index is 1530. The van der Waals surface area contributed by atoms with Crippen LogP contribution in [-0.4, -0.2) is 54.0 Å². The largest absolute Gasteiger partial charge is 0.502 e. The van der Waals surface area contributed by atoms with Crippen LogP contribution in [0.4, 0.5) is 0 Å². The highest BCUT2D eigenvalue weighted by atomic mass is 16.6. The fourth-order valence-electron chi connectivity index (χ4n) is 6.10. The number of esters is 1. The minimum absolute atomic E-state index is 0.00804. The molecular weight excluding hydrogens is 504 g/mol. The first-order valence-corrected chi connectivity index (χ1v) is 13.1. The van der Waals surface area contributed by atoms with E-state index in [0.29, 0.717) is 61.6 Å². The molecule has 0 amide bonds. The number of methoxy groups -OCH3 is 1. The van der Waals surface area contributed by atoms with Gasteiger partial charge in [0.2, 0.25) is 11.2 Å². The van der Waals surface area contributed by atoms with Gasteiger partial charge in [-0.1, -0.05) is 12.1 Å². The number of ether oxygens (including phenoxy) is 3. The lowest BCUT2D eigenvalue weighted by Crippen LogP contribution is -2.46. The van der Waals surface area contributed by atoms with Crippen LogP contribution in [0.15, 0.2) is 56.5 Å². The van der Waals surface area contributed by atoms with Gasteiger partial charge in [-0.25, -0.2) is 0 Å². The van der Waals surface area contributed by atoms with Crippen LogP contribution in [0.1, 0.15) is 47.5 Å². The lowest BCUT2D eigenvalue weighted by atomic mass is 9.83. The van der Waals surface area contributed by atoms with Crippen molar-refractivity contribution in [1.29, 1.82) is 0 Å². The van der Waals surface area contributed by atoms with Crippen LogP contribution in [0.25, 0.3) is 0 Å². The summed E-state index contributed by atoms with van der Waals surface area (Å²) in [5.74, 6) is 0.196. The van der Waals surface area contributed by atoms with Gasteiger partial charge >= 0.3 is 5.97 Å². The third-order valence-electron chi connectivity index (χ3n) is 7.82. The van der Waals surface area contributed by atoms with E-state index in [1.807, 2.05) is 10.6 Å². The van der Waals surface area contributed by atoms with Gasteiger partial charge in [0.15, 0.2) is 17.3 Å². The second kappa shape index (κ2) is 10.3. The van der Waals surface area contributed by atoms with Crippen LogP contribution in [-0.2, 0) is 22.6 Å². The van der Waals surface area contributed by atoms with Crippen molar-refractivity contribution in [3.63, 3.8) is 0 Å². The summed E-state index contributed by atoms with van der Waals surface area (Å²) in [6, 6.07) is 12.0. The Hall–Kier alpha value is -4.05. The van der Waals surface area contributed by atoms with Crippen molar-refractivity contribution in [2.24, 2.45) is 5.92 Å². The minimum atomic E-state index is -0.777. The second-order valence-electron chi connectivity index (χ2n) is 10.4. The van der Waals surface area contributed by atoms with E-state index < -0.39 is 23.1 Å². The maximum Gasteiger partial charge on any atom is 0.306 e. The molecule has 6 rings (SSSR count). The van der Waals surface area contributed by atoms with E-state index in [0.717, 1.165) is 18.7 Å². The smallest absolute Gasteiger partial charge is 0.306 e. The summed E-state index contributed by atoms with van der Waals surface area (Å²) in [6.07, 6.45) is 0.867. The molecule has 3 atom stereocenters. The number of likely N-dealkylation sites (tertiary alicyclic amines) is 1. The van der Waals surface area contributed by atoms with E-state index >= 15 is 0 Å². The fourth-order valence-corrected chi connectivity index (χ4v) is 6.10. The molecule has 10 heteroatoms. The maximum absolute atomic E-state index is 12.9. The predicted molar refractivity (Wildman–Crippen MR) is 139 cm³/mol. The van der Waals surface area contributed by atoms with Gasteiger partial charge in [-0.15, -0.1) is 0 Å². The molecule has 2 aromatic heterocycles. The first-order valence-electron chi connectivity index (χ1n) is 13.1. The number of hydrogen-bond acceptors (Lipinski definition) is 9. The molecule has 39 heavy (non-hydrogen) atoms. The van der Waals surface area contributed by atoms with Crippen molar-refractivity contribution in [1.82, 2.24) is 9.47 Å². The standard InChI is InChI=1S/C29H30N2O8/c1-36-27(34)12-21(18-5-6-24-25(10-18)38-8-7-37-24)29-28(35)23(32)11-20(39-29)16-30-13-17-9-19(15-30)22-3-2-4-26(33)31(22)14-17/h2-6,10-11,17,19,21,35H,7-9,12-16H2,1H3/t17-,19+,21-/m1/s1. The summed E-state index contributed by atoms with van der Waals surface area (Å²) in [4.78, 5) is 39.9. The van der Waals surface area contributed by atoms with Gasteiger partial charge < -0.3 is 28.3 Å². The number of hydrogen-bond donors (Lipinski definition) is 1. The van der Waals surface area contributed by atoms with Gasteiger partial charge in [0.25, 0.3) is 5.56 Å². The van der Waals surface area contributed by atoms with Crippen molar-refractivity contribution in [2.75, 3.05) is 33.4 Å². The van der Waals surface area contributed by atoms with Crippen molar-refractivity contribution >= 4 is 5.97 Å². The number of piperidine rings is 1. The Balaban J connectivity index is 1.31. The number of aromatic hydroxyl groups is 1. The Morgan fingerprint density at radius 2 is 1.90 bits per heavy atom. The zero-order valence-electron chi connectivity index (χ0n) is 21.6. The van der Waals surface area contributed by atoms with E-state index in [1.165, 1.54) is 13.2 Å². The summed E-state index contributed by atoms with van der Waals surface area (Å²) < 4.78 is 24.3. The van der Waals surface area contributed by atoms with Crippen LogP contribution in [0, 0.1) is 5.92 Å². The molecule has 204 valence electrons. The highest BCUT2D eigenvalue weighted by molar-refractivity contribution is 5.71. The van der Waals surface area contributed by atoms with Gasteiger partial charge in [0.05, 0.1) is 26.0 Å². The first-order chi connectivity index (χ1) is 18.9. The Labute approximate surface area is 224 Å². The van der Waals surface area contributed by atoms with Gasteiger partial charge in [-0.2, -0.15) is 0 Å². The number of aromatic nitrogens is 1. The van der Waals surface area contributed by atoms with E-state index in [4.69, 9.17) is 18.6 Å².